The smallest absolute Gasteiger partial charge is 0.384 e. The monoisotopic (exact) mass is 220 g/mol. The van der Waals surface area contributed by atoms with Gasteiger partial charge in [-0.15, -0.1) is 0 Å². The molecule has 1 atom stereocenters. The lowest BCUT2D eigenvalue weighted by atomic mass is 10.1. The van der Waals surface area contributed by atoms with Crippen molar-refractivity contribution in [1.82, 2.24) is 0 Å². The molecule has 16 heavy (non-hydrogen) atoms. The van der Waals surface area contributed by atoms with E-state index in [4.69, 9.17) is 4.74 Å². The van der Waals surface area contributed by atoms with Gasteiger partial charge in [-0.1, -0.05) is 18.1 Å². The van der Waals surface area contributed by atoms with Crippen molar-refractivity contribution in [3.63, 3.8) is 0 Å². The Morgan fingerprint density at radius 3 is 2.44 bits per heavy atom. The maximum Gasteiger partial charge on any atom is 0.384 e. The van der Waals surface area contributed by atoms with Crippen LogP contribution in [0.2, 0.25) is 0 Å². The number of carbonyl (C=O) groups excluding carboxylic acids is 1. The van der Waals surface area contributed by atoms with Crippen molar-refractivity contribution in [1.29, 1.82) is 0 Å². The molecule has 0 fully saturated rings. The summed E-state index contributed by atoms with van der Waals surface area (Å²) in [5.41, 5.74) is 0.595. The first-order valence-electron chi connectivity index (χ1n) is 4.59. The molecule has 4 nitrogen and oxygen atoms in total. The van der Waals surface area contributed by atoms with E-state index >= 15 is 0 Å². The summed E-state index contributed by atoms with van der Waals surface area (Å²) in [5.74, 6) is 4.56. The van der Waals surface area contributed by atoms with Crippen LogP contribution in [0.25, 0.3) is 0 Å². The van der Waals surface area contributed by atoms with Crippen LogP contribution in [-0.4, -0.2) is 25.3 Å². The minimum Gasteiger partial charge on any atom is -0.497 e. The first-order valence-corrected chi connectivity index (χ1v) is 4.59. The van der Waals surface area contributed by atoms with E-state index in [0.717, 1.165) is 0 Å². The highest BCUT2D eigenvalue weighted by molar-refractivity contribution is 5.88. The molecule has 0 amide bonds. The van der Waals surface area contributed by atoms with E-state index in [0.29, 0.717) is 11.3 Å². The van der Waals surface area contributed by atoms with Crippen molar-refractivity contribution in [2.24, 2.45) is 0 Å². The van der Waals surface area contributed by atoms with Crippen molar-refractivity contribution in [3.8, 4) is 17.6 Å². The number of carbonyl (C=O) groups is 1. The van der Waals surface area contributed by atoms with E-state index in [9.17, 15) is 9.90 Å². The van der Waals surface area contributed by atoms with Crippen molar-refractivity contribution in [3.05, 3.63) is 29.8 Å². The first-order chi connectivity index (χ1) is 7.67. The second-order valence-corrected chi connectivity index (χ2v) is 2.94. The lowest BCUT2D eigenvalue weighted by molar-refractivity contribution is -0.133. The van der Waals surface area contributed by atoms with Crippen molar-refractivity contribution in [2.75, 3.05) is 14.2 Å². The Morgan fingerprint density at radius 1 is 1.31 bits per heavy atom. The summed E-state index contributed by atoms with van der Waals surface area (Å²) in [5, 5.41) is 9.61. The SMILES string of the molecule is COC(=O)C#C[C@@H](O)c1ccc(OC)cc1. The van der Waals surface area contributed by atoms with E-state index in [1.165, 1.54) is 7.11 Å². The number of hydrogen-bond acceptors (Lipinski definition) is 4. The summed E-state index contributed by atoms with van der Waals surface area (Å²) in [6.45, 7) is 0. The molecule has 0 spiro atoms. The Balaban J connectivity index is 2.75. The molecule has 1 N–H and O–H groups in total. The van der Waals surface area contributed by atoms with Crippen LogP contribution in [0.3, 0.4) is 0 Å². The van der Waals surface area contributed by atoms with Crippen LogP contribution in [0.5, 0.6) is 5.75 Å². The fourth-order valence-electron chi connectivity index (χ4n) is 1.05. The predicted octanol–water partition coefficient (Wildman–Crippen LogP) is 0.905. The van der Waals surface area contributed by atoms with Crippen LogP contribution in [0, 0.1) is 11.8 Å². The van der Waals surface area contributed by atoms with E-state index in [2.05, 4.69) is 16.6 Å². The molecule has 0 aliphatic carbocycles. The van der Waals surface area contributed by atoms with Gasteiger partial charge in [0.15, 0.2) is 0 Å². The Bertz CT molecular complexity index is 411. The number of aliphatic hydroxyl groups excluding tert-OH is 1. The molecular formula is C12H12O4. The van der Waals surface area contributed by atoms with Crippen LogP contribution in [0.1, 0.15) is 11.7 Å². The van der Waals surface area contributed by atoms with Gasteiger partial charge in [-0.2, -0.15) is 0 Å². The normalized spacial score (nSPS) is 10.9. The standard InChI is InChI=1S/C12H12O4/c1-15-10-5-3-9(4-6-10)11(13)7-8-12(14)16-2/h3-6,11,13H,1-2H3/t11-/m1/s1. The van der Waals surface area contributed by atoms with Gasteiger partial charge in [-0.25, -0.2) is 4.79 Å². The second-order valence-electron chi connectivity index (χ2n) is 2.94. The van der Waals surface area contributed by atoms with Crippen LogP contribution in [0.4, 0.5) is 0 Å². The molecule has 1 aromatic rings. The van der Waals surface area contributed by atoms with E-state index in [-0.39, 0.29) is 0 Å². The summed E-state index contributed by atoms with van der Waals surface area (Å²) in [7, 11) is 2.79. The van der Waals surface area contributed by atoms with Gasteiger partial charge in [0.05, 0.1) is 14.2 Å². The van der Waals surface area contributed by atoms with Crippen molar-refractivity contribution in [2.45, 2.75) is 6.10 Å². The number of aliphatic hydroxyl groups is 1. The van der Waals surface area contributed by atoms with Crippen LogP contribution in [-0.2, 0) is 9.53 Å². The predicted molar refractivity (Wildman–Crippen MR) is 57.7 cm³/mol. The van der Waals surface area contributed by atoms with Gasteiger partial charge >= 0.3 is 5.97 Å². The highest BCUT2D eigenvalue weighted by Gasteiger charge is 2.03. The molecule has 0 saturated heterocycles. The van der Waals surface area contributed by atoms with Gasteiger partial charge in [0.1, 0.15) is 11.9 Å². The van der Waals surface area contributed by atoms with Gasteiger partial charge in [0.2, 0.25) is 0 Å². The molecule has 84 valence electrons. The molecule has 0 aliphatic heterocycles. The number of hydrogen-bond donors (Lipinski definition) is 1. The topological polar surface area (TPSA) is 55.8 Å². The zero-order valence-electron chi connectivity index (χ0n) is 9.06. The summed E-state index contributed by atoms with van der Waals surface area (Å²) in [4.78, 5) is 10.7. The largest absolute Gasteiger partial charge is 0.497 e. The highest BCUT2D eigenvalue weighted by Crippen LogP contribution is 2.16. The quantitative estimate of drug-likeness (QED) is 0.457. The average molecular weight is 220 g/mol. The van der Waals surface area contributed by atoms with E-state index in [1.807, 2.05) is 0 Å². The zero-order valence-corrected chi connectivity index (χ0v) is 9.06. The van der Waals surface area contributed by atoms with Gasteiger partial charge in [-0.05, 0) is 17.7 Å². The van der Waals surface area contributed by atoms with Gasteiger partial charge in [0.25, 0.3) is 0 Å². The Labute approximate surface area is 93.8 Å². The minimum absolute atomic E-state index is 0.595. The fourth-order valence-corrected chi connectivity index (χ4v) is 1.05. The Morgan fingerprint density at radius 2 is 1.94 bits per heavy atom. The zero-order chi connectivity index (χ0) is 12.0. The lowest BCUT2D eigenvalue weighted by Gasteiger charge is -2.04. The molecule has 4 heteroatoms. The number of methoxy groups -OCH3 is 2. The van der Waals surface area contributed by atoms with Crippen LogP contribution < -0.4 is 4.74 Å². The summed E-state index contributed by atoms with van der Waals surface area (Å²) in [6.07, 6.45) is -1.01. The molecule has 1 aromatic carbocycles. The highest BCUT2D eigenvalue weighted by atomic mass is 16.5. The van der Waals surface area contributed by atoms with E-state index < -0.39 is 12.1 Å². The number of esters is 1. The van der Waals surface area contributed by atoms with Gasteiger partial charge < -0.3 is 14.6 Å². The Hall–Kier alpha value is -1.99. The van der Waals surface area contributed by atoms with Crippen LogP contribution in [0.15, 0.2) is 24.3 Å². The molecule has 0 heterocycles. The minimum atomic E-state index is -1.01. The van der Waals surface area contributed by atoms with Crippen LogP contribution >= 0.6 is 0 Å². The molecule has 0 aromatic heterocycles. The fraction of sp³-hybridized carbons (Fsp3) is 0.250. The molecular weight excluding hydrogens is 208 g/mol. The molecule has 0 saturated carbocycles. The third kappa shape index (κ3) is 3.30. The third-order valence-corrected chi connectivity index (χ3v) is 1.93. The first kappa shape index (κ1) is 12.1. The van der Waals surface area contributed by atoms with Gasteiger partial charge in [0, 0.05) is 5.92 Å². The lowest BCUT2D eigenvalue weighted by Crippen LogP contribution is -1.98. The molecule has 0 unspecified atom stereocenters. The maximum atomic E-state index is 10.7. The number of ether oxygens (including phenoxy) is 2. The van der Waals surface area contributed by atoms with Crippen molar-refractivity contribution >= 4 is 5.97 Å². The second kappa shape index (κ2) is 5.79. The summed E-state index contributed by atoms with van der Waals surface area (Å²) >= 11 is 0. The number of rotatable bonds is 2. The molecule has 1 rings (SSSR count). The molecule has 0 radical (unpaired) electrons. The summed E-state index contributed by atoms with van der Waals surface area (Å²) < 4.78 is 9.30. The molecule has 0 bridgehead atoms. The number of benzene rings is 1. The van der Waals surface area contributed by atoms with Crippen molar-refractivity contribution < 1.29 is 19.4 Å². The van der Waals surface area contributed by atoms with E-state index in [1.54, 1.807) is 31.4 Å². The Kier molecular flexibility index (Phi) is 4.37. The molecule has 0 aliphatic rings. The third-order valence-electron chi connectivity index (χ3n) is 1.93. The van der Waals surface area contributed by atoms with Gasteiger partial charge in [-0.3, -0.25) is 0 Å². The maximum absolute atomic E-state index is 10.7. The summed E-state index contributed by atoms with van der Waals surface area (Å²) in [6, 6.07) is 6.77. The average Bonchev–Trinajstić information content (AvgIpc) is 2.35.